The number of benzene rings is 1. The zero-order chi connectivity index (χ0) is 15.4. The number of halogens is 1. The Bertz CT molecular complexity index is 653. The Hall–Kier alpha value is -0.780. The van der Waals surface area contributed by atoms with Crippen LogP contribution in [-0.4, -0.2) is 23.2 Å². The zero-order valence-corrected chi connectivity index (χ0v) is 14.7. The predicted octanol–water partition coefficient (Wildman–Crippen LogP) is 4.74. The molecule has 1 heterocycles. The monoisotopic (exact) mass is 354 g/mol. The van der Waals surface area contributed by atoms with Crippen molar-refractivity contribution in [2.24, 2.45) is 5.92 Å². The third kappa shape index (κ3) is 4.37. The number of aromatic nitrogens is 1. The minimum atomic E-state index is 0.105. The first-order chi connectivity index (χ1) is 10.7. The van der Waals surface area contributed by atoms with Crippen molar-refractivity contribution >= 4 is 50.8 Å². The van der Waals surface area contributed by atoms with Gasteiger partial charge in [0.25, 0.3) is 0 Å². The van der Waals surface area contributed by atoms with Crippen LogP contribution < -0.4 is 5.32 Å². The molecule has 1 aromatic carbocycles. The molecule has 1 amide bonds. The van der Waals surface area contributed by atoms with Gasteiger partial charge in [0.1, 0.15) is 0 Å². The lowest BCUT2D eigenvalue weighted by atomic mass is 9.89. The third-order valence-corrected chi connectivity index (χ3v) is 6.38. The molecule has 6 heteroatoms. The summed E-state index contributed by atoms with van der Waals surface area (Å²) in [4.78, 5) is 16.5. The Balaban J connectivity index is 1.47. The lowest BCUT2D eigenvalue weighted by molar-refractivity contribution is -0.118. The number of fused-ring (bicyclic) bond motifs is 1. The molecule has 0 unspecified atom stereocenters. The second-order valence-electron chi connectivity index (χ2n) is 5.69. The van der Waals surface area contributed by atoms with E-state index in [0.29, 0.717) is 16.7 Å². The van der Waals surface area contributed by atoms with Crippen molar-refractivity contribution in [1.29, 1.82) is 0 Å². The van der Waals surface area contributed by atoms with E-state index in [4.69, 9.17) is 11.6 Å². The van der Waals surface area contributed by atoms with Gasteiger partial charge in [0.2, 0.25) is 5.91 Å². The van der Waals surface area contributed by atoms with Gasteiger partial charge < -0.3 is 5.32 Å². The molecule has 1 saturated carbocycles. The molecule has 2 aromatic rings. The number of rotatable bonds is 5. The maximum absolute atomic E-state index is 12.0. The smallest absolute Gasteiger partial charge is 0.230 e. The topological polar surface area (TPSA) is 42.0 Å². The molecule has 22 heavy (non-hydrogen) atoms. The number of thioether (sulfide) groups is 1. The lowest BCUT2D eigenvalue weighted by Crippen LogP contribution is -2.31. The summed E-state index contributed by atoms with van der Waals surface area (Å²) >= 11 is 9.07. The highest BCUT2D eigenvalue weighted by Gasteiger charge is 2.14. The summed E-state index contributed by atoms with van der Waals surface area (Å²) in [5, 5.41) is 3.76. The van der Waals surface area contributed by atoms with Crippen LogP contribution in [0.4, 0.5) is 0 Å². The number of nitrogens with zero attached hydrogens (tertiary/aromatic N) is 1. The molecular formula is C16H19ClN2OS2. The van der Waals surface area contributed by atoms with Crippen LogP contribution in [0.5, 0.6) is 0 Å². The van der Waals surface area contributed by atoms with Crippen LogP contribution in [0.2, 0.25) is 5.02 Å². The number of thiazole rings is 1. The van der Waals surface area contributed by atoms with Gasteiger partial charge in [-0.2, -0.15) is 0 Å². The Morgan fingerprint density at radius 1 is 1.36 bits per heavy atom. The second-order valence-corrected chi connectivity index (χ2v) is 8.38. The number of hydrogen-bond acceptors (Lipinski definition) is 4. The van der Waals surface area contributed by atoms with Gasteiger partial charge in [-0.25, -0.2) is 4.98 Å². The number of amides is 1. The first kappa shape index (κ1) is 16.1. The summed E-state index contributed by atoms with van der Waals surface area (Å²) in [7, 11) is 0. The van der Waals surface area contributed by atoms with Crippen LogP contribution in [0.15, 0.2) is 22.5 Å². The van der Waals surface area contributed by atoms with E-state index in [9.17, 15) is 4.79 Å². The molecule has 0 spiro atoms. The molecule has 0 atom stereocenters. The summed E-state index contributed by atoms with van der Waals surface area (Å²) in [6, 6.07) is 5.70. The van der Waals surface area contributed by atoms with Crippen molar-refractivity contribution in [3.63, 3.8) is 0 Å². The van der Waals surface area contributed by atoms with E-state index in [1.54, 1.807) is 11.3 Å². The highest BCUT2D eigenvalue weighted by molar-refractivity contribution is 8.01. The van der Waals surface area contributed by atoms with E-state index >= 15 is 0 Å². The van der Waals surface area contributed by atoms with E-state index in [1.807, 2.05) is 18.2 Å². The minimum absolute atomic E-state index is 0.105. The SMILES string of the molecule is O=C(CSc1nc2cc(Cl)ccc2s1)NCC1CCCCC1. The normalized spacial score (nSPS) is 16.0. The molecule has 118 valence electrons. The fourth-order valence-electron chi connectivity index (χ4n) is 2.77. The van der Waals surface area contributed by atoms with E-state index in [2.05, 4.69) is 10.3 Å². The van der Waals surface area contributed by atoms with Crippen molar-refractivity contribution in [1.82, 2.24) is 10.3 Å². The quantitative estimate of drug-likeness (QED) is 0.788. The third-order valence-electron chi connectivity index (χ3n) is 3.97. The molecule has 0 radical (unpaired) electrons. The number of hydrogen-bond donors (Lipinski definition) is 1. The van der Waals surface area contributed by atoms with Crippen LogP contribution in [0.1, 0.15) is 32.1 Å². The number of nitrogens with one attached hydrogen (secondary N) is 1. The van der Waals surface area contributed by atoms with E-state index in [-0.39, 0.29) is 5.91 Å². The fourth-order valence-corrected chi connectivity index (χ4v) is 4.81. The largest absolute Gasteiger partial charge is 0.355 e. The molecule has 0 aliphatic heterocycles. The molecule has 1 N–H and O–H groups in total. The second kappa shape index (κ2) is 7.66. The molecule has 0 bridgehead atoms. The van der Waals surface area contributed by atoms with Gasteiger partial charge in [-0.1, -0.05) is 42.6 Å². The van der Waals surface area contributed by atoms with Crippen molar-refractivity contribution in [3.8, 4) is 0 Å². The average Bonchev–Trinajstić information content (AvgIpc) is 2.94. The number of carbonyl (C=O) groups excluding carboxylic acids is 1. The predicted molar refractivity (Wildman–Crippen MR) is 94.9 cm³/mol. The van der Waals surface area contributed by atoms with Gasteiger partial charge >= 0.3 is 0 Å². The van der Waals surface area contributed by atoms with Crippen molar-refractivity contribution in [2.45, 2.75) is 36.4 Å². The van der Waals surface area contributed by atoms with Crippen molar-refractivity contribution in [2.75, 3.05) is 12.3 Å². The molecule has 0 saturated heterocycles. The maximum atomic E-state index is 12.0. The highest BCUT2D eigenvalue weighted by Crippen LogP contribution is 2.31. The van der Waals surface area contributed by atoms with Gasteiger partial charge in [0.15, 0.2) is 4.34 Å². The molecular weight excluding hydrogens is 336 g/mol. The first-order valence-electron chi connectivity index (χ1n) is 7.66. The standard InChI is InChI=1S/C16H19ClN2OS2/c17-12-6-7-14-13(8-12)19-16(22-14)21-10-15(20)18-9-11-4-2-1-3-5-11/h6-8,11H,1-5,9-10H2,(H,18,20). The fraction of sp³-hybridized carbons (Fsp3) is 0.500. The molecule has 1 fully saturated rings. The van der Waals surface area contributed by atoms with Gasteiger partial charge in [0.05, 0.1) is 16.0 Å². The minimum Gasteiger partial charge on any atom is -0.355 e. The van der Waals surface area contributed by atoms with Crippen LogP contribution in [0.3, 0.4) is 0 Å². The molecule has 1 aliphatic rings. The van der Waals surface area contributed by atoms with E-state index < -0.39 is 0 Å². The lowest BCUT2D eigenvalue weighted by Gasteiger charge is -2.21. The van der Waals surface area contributed by atoms with Crippen LogP contribution in [0.25, 0.3) is 10.2 Å². The summed E-state index contributed by atoms with van der Waals surface area (Å²) < 4.78 is 2.03. The van der Waals surface area contributed by atoms with Gasteiger partial charge in [-0.05, 0) is 37.0 Å². The van der Waals surface area contributed by atoms with Crippen molar-refractivity contribution in [3.05, 3.63) is 23.2 Å². The van der Waals surface area contributed by atoms with Gasteiger partial charge in [0, 0.05) is 11.6 Å². The van der Waals surface area contributed by atoms with E-state index in [1.165, 1.54) is 43.9 Å². The summed E-state index contributed by atoms with van der Waals surface area (Å²) in [5.41, 5.74) is 0.905. The molecule has 1 aliphatic carbocycles. The Morgan fingerprint density at radius 3 is 3.00 bits per heavy atom. The Labute approximate surface area is 143 Å². The van der Waals surface area contributed by atoms with E-state index in [0.717, 1.165) is 21.1 Å². The maximum Gasteiger partial charge on any atom is 0.230 e. The summed E-state index contributed by atoms with van der Waals surface area (Å²) in [6.07, 6.45) is 6.48. The van der Waals surface area contributed by atoms with Crippen LogP contribution >= 0.6 is 34.7 Å². The molecule has 3 nitrogen and oxygen atoms in total. The summed E-state index contributed by atoms with van der Waals surface area (Å²) in [6.45, 7) is 0.828. The first-order valence-corrected chi connectivity index (χ1v) is 9.84. The molecule has 1 aromatic heterocycles. The average molecular weight is 355 g/mol. The zero-order valence-electron chi connectivity index (χ0n) is 12.3. The Morgan fingerprint density at radius 2 is 2.18 bits per heavy atom. The van der Waals surface area contributed by atoms with Gasteiger partial charge in [-0.15, -0.1) is 11.3 Å². The summed E-state index contributed by atoms with van der Waals surface area (Å²) in [5.74, 6) is 1.21. The number of carbonyl (C=O) groups is 1. The molecule has 3 rings (SSSR count). The van der Waals surface area contributed by atoms with Crippen LogP contribution in [0, 0.1) is 5.92 Å². The Kier molecular flexibility index (Phi) is 5.61. The highest BCUT2D eigenvalue weighted by atomic mass is 35.5. The van der Waals surface area contributed by atoms with Crippen LogP contribution in [-0.2, 0) is 4.79 Å². The van der Waals surface area contributed by atoms with Gasteiger partial charge in [-0.3, -0.25) is 4.79 Å². The van der Waals surface area contributed by atoms with Crippen molar-refractivity contribution < 1.29 is 4.79 Å².